The molecule has 3 heterocycles. The summed E-state index contributed by atoms with van der Waals surface area (Å²) in [5.74, 6) is -1.52. The zero-order valence-corrected chi connectivity index (χ0v) is 18.5. The van der Waals surface area contributed by atoms with Gasteiger partial charge in [0.15, 0.2) is 15.9 Å². The first-order valence-electron chi connectivity index (χ1n) is 10.4. The first kappa shape index (κ1) is 21.7. The average Bonchev–Trinajstić information content (AvgIpc) is 3.44. The van der Waals surface area contributed by atoms with E-state index >= 15 is 0 Å². The number of aromatic nitrogens is 3. The Balaban J connectivity index is 1.34. The Morgan fingerprint density at radius 1 is 1.09 bits per heavy atom. The van der Waals surface area contributed by atoms with Gasteiger partial charge in [0.05, 0.1) is 34.2 Å². The monoisotopic (exact) mass is 473 g/mol. The molecule has 11 heteroatoms. The van der Waals surface area contributed by atoms with Crippen LogP contribution in [0.25, 0.3) is 11.1 Å². The minimum Gasteiger partial charge on any atom is -0.390 e. The van der Waals surface area contributed by atoms with E-state index in [0.29, 0.717) is 37.3 Å². The van der Waals surface area contributed by atoms with Crippen molar-refractivity contribution in [2.24, 2.45) is 5.16 Å². The van der Waals surface area contributed by atoms with Gasteiger partial charge in [-0.2, -0.15) is 0 Å². The first-order valence-corrected chi connectivity index (χ1v) is 11.9. The number of halogens is 2. The molecule has 1 fully saturated rings. The highest BCUT2D eigenvalue weighted by Crippen LogP contribution is 2.31. The lowest BCUT2D eigenvalue weighted by atomic mass is 9.98. The molecular weight excluding hydrogens is 452 g/mol. The fourth-order valence-corrected chi connectivity index (χ4v) is 5.89. The van der Waals surface area contributed by atoms with E-state index in [4.69, 9.17) is 4.84 Å². The quantitative estimate of drug-likeness (QED) is 0.547. The average molecular weight is 474 g/mol. The second-order valence-corrected chi connectivity index (χ2v) is 10.6. The highest BCUT2D eigenvalue weighted by Gasteiger charge is 2.36. The van der Waals surface area contributed by atoms with Crippen LogP contribution in [0.15, 0.2) is 58.8 Å². The van der Waals surface area contributed by atoms with E-state index < -0.39 is 26.7 Å². The molecule has 33 heavy (non-hydrogen) atoms. The van der Waals surface area contributed by atoms with E-state index in [1.165, 1.54) is 36.4 Å². The molecule has 0 unspecified atom stereocenters. The fourth-order valence-electron chi connectivity index (χ4n) is 4.09. The summed E-state index contributed by atoms with van der Waals surface area (Å²) < 4.78 is 56.8. The minimum absolute atomic E-state index is 0.151. The van der Waals surface area contributed by atoms with E-state index in [9.17, 15) is 17.2 Å². The lowest BCUT2D eigenvalue weighted by molar-refractivity contribution is 0.0693. The number of hydrogen-bond acceptors (Lipinski definition) is 7. The maximum Gasteiger partial charge on any atom is 0.183 e. The highest BCUT2D eigenvalue weighted by atomic mass is 32.2. The maximum absolute atomic E-state index is 14.9. The van der Waals surface area contributed by atoms with Crippen molar-refractivity contribution in [3.63, 3.8) is 0 Å². The van der Waals surface area contributed by atoms with Crippen LogP contribution in [0, 0.1) is 11.6 Å². The summed E-state index contributed by atoms with van der Waals surface area (Å²) in [6, 6.07) is 8.10. The first-order chi connectivity index (χ1) is 15.8. The van der Waals surface area contributed by atoms with Crippen LogP contribution in [-0.2, 0) is 21.2 Å². The van der Waals surface area contributed by atoms with Crippen molar-refractivity contribution in [1.82, 2.24) is 19.9 Å². The molecule has 0 spiro atoms. The van der Waals surface area contributed by atoms with Gasteiger partial charge in [-0.15, -0.1) is 5.10 Å². The second-order valence-electron chi connectivity index (χ2n) is 8.32. The Morgan fingerprint density at radius 3 is 2.39 bits per heavy atom. The Kier molecular flexibility index (Phi) is 5.45. The molecule has 0 radical (unpaired) electrons. The van der Waals surface area contributed by atoms with Gasteiger partial charge in [-0.1, -0.05) is 22.5 Å². The van der Waals surface area contributed by atoms with Gasteiger partial charge in [-0.3, -0.25) is 0 Å². The maximum atomic E-state index is 14.9. The zero-order chi connectivity index (χ0) is 23.2. The summed E-state index contributed by atoms with van der Waals surface area (Å²) in [5.41, 5.74) is 0.777. The summed E-state index contributed by atoms with van der Waals surface area (Å²) in [5, 5.41) is 11.1. The van der Waals surface area contributed by atoms with Gasteiger partial charge in [0.1, 0.15) is 11.6 Å². The Labute approximate surface area is 189 Å². The van der Waals surface area contributed by atoms with Crippen LogP contribution in [0.1, 0.15) is 12.0 Å². The molecule has 2 aliphatic heterocycles. The fraction of sp³-hybridized carbons (Fsp3) is 0.318. The number of oxime groups is 1. The lowest BCUT2D eigenvalue weighted by Crippen LogP contribution is -2.52. The van der Waals surface area contributed by atoms with Crippen LogP contribution in [0.5, 0.6) is 0 Å². The van der Waals surface area contributed by atoms with Gasteiger partial charge in [0.25, 0.3) is 0 Å². The number of nitrogens with zero attached hydrogens (tertiary/aromatic N) is 5. The Morgan fingerprint density at radius 2 is 1.79 bits per heavy atom. The van der Waals surface area contributed by atoms with Gasteiger partial charge in [-0.25, -0.2) is 21.9 Å². The summed E-state index contributed by atoms with van der Waals surface area (Å²) >= 11 is 0. The van der Waals surface area contributed by atoms with Crippen molar-refractivity contribution in [2.45, 2.75) is 29.2 Å². The molecule has 1 aromatic heterocycles. The smallest absolute Gasteiger partial charge is 0.183 e. The van der Waals surface area contributed by atoms with Crippen LogP contribution >= 0.6 is 0 Å². The van der Waals surface area contributed by atoms with Gasteiger partial charge in [0.2, 0.25) is 0 Å². The SMILES string of the molecule is CN1CC(S(=O)(=O)c2ccc(-c3c(F)cc(C4=NO[C@@H](Cn5ccnn5)C4)cc3F)cc2)C1. The van der Waals surface area contributed by atoms with Gasteiger partial charge in [-0.05, 0) is 36.9 Å². The van der Waals surface area contributed by atoms with Crippen molar-refractivity contribution in [2.75, 3.05) is 20.1 Å². The second kappa shape index (κ2) is 8.31. The highest BCUT2D eigenvalue weighted by molar-refractivity contribution is 7.92. The molecule has 0 N–H and O–H groups in total. The molecule has 1 atom stereocenters. The normalized spacial score (nSPS) is 19.2. The molecule has 172 valence electrons. The lowest BCUT2D eigenvalue weighted by Gasteiger charge is -2.35. The van der Waals surface area contributed by atoms with Crippen molar-refractivity contribution in [3.8, 4) is 11.1 Å². The van der Waals surface area contributed by atoms with Crippen LogP contribution in [0.3, 0.4) is 0 Å². The molecule has 0 aliphatic carbocycles. The Bertz CT molecular complexity index is 1280. The largest absolute Gasteiger partial charge is 0.390 e. The van der Waals surface area contributed by atoms with Gasteiger partial charge < -0.3 is 9.74 Å². The molecule has 5 rings (SSSR count). The summed E-state index contributed by atoms with van der Waals surface area (Å²) in [6.45, 7) is 1.37. The molecular formula is C22H21F2N5O3S. The van der Waals surface area contributed by atoms with Gasteiger partial charge >= 0.3 is 0 Å². The molecule has 2 aromatic carbocycles. The number of likely N-dealkylation sites (tertiary alicyclic amines) is 1. The van der Waals surface area contributed by atoms with Crippen molar-refractivity contribution in [3.05, 3.63) is 66.0 Å². The van der Waals surface area contributed by atoms with Crippen LogP contribution in [0.2, 0.25) is 0 Å². The standard InChI is InChI=1S/C22H21F2N5O3S/c1-28-12-18(13-28)33(30,31)17-4-2-14(3-5-17)22-19(23)8-15(9-20(22)24)21-10-16(32-26-21)11-29-7-6-25-27-29/h2-9,16,18H,10-13H2,1H3/t16-/m1/s1. The number of hydrogen-bond donors (Lipinski definition) is 0. The van der Waals surface area contributed by atoms with E-state index in [1.807, 2.05) is 11.9 Å². The van der Waals surface area contributed by atoms with Crippen molar-refractivity contribution >= 4 is 15.5 Å². The summed E-state index contributed by atoms with van der Waals surface area (Å²) in [6.07, 6.45) is 3.31. The molecule has 0 amide bonds. The Hall–Kier alpha value is -3.18. The molecule has 1 saturated heterocycles. The number of rotatable bonds is 6. The third kappa shape index (κ3) is 4.13. The topological polar surface area (TPSA) is 89.7 Å². The predicted molar refractivity (Wildman–Crippen MR) is 116 cm³/mol. The van der Waals surface area contributed by atoms with E-state index in [0.717, 1.165) is 0 Å². The third-order valence-electron chi connectivity index (χ3n) is 5.91. The molecule has 0 bridgehead atoms. The molecule has 3 aromatic rings. The summed E-state index contributed by atoms with van der Waals surface area (Å²) in [4.78, 5) is 7.43. The molecule has 8 nitrogen and oxygen atoms in total. The van der Waals surface area contributed by atoms with E-state index in [-0.39, 0.29) is 22.1 Å². The van der Waals surface area contributed by atoms with E-state index in [2.05, 4.69) is 15.5 Å². The number of sulfone groups is 1. The van der Waals surface area contributed by atoms with Crippen LogP contribution < -0.4 is 0 Å². The van der Waals surface area contributed by atoms with Crippen molar-refractivity contribution < 1.29 is 22.0 Å². The van der Waals surface area contributed by atoms with Crippen LogP contribution in [0.4, 0.5) is 8.78 Å². The zero-order valence-electron chi connectivity index (χ0n) is 17.7. The third-order valence-corrected chi connectivity index (χ3v) is 8.02. The predicted octanol–water partition coefficient (Wildman–Crippen LogP) is 2.50. The number of benzene rings is 2. The summed E-state index contributed by atoms with van der Waals surface area (Å²) in [7, 11) is -1.61. The van der Waals surface area contributed by atoms with Crippen LogP contribution in [-0.4, -0.2) is 65.5 Å². The van der Waals surface area contributed by atoms with Gasteiger partial charge in [0, 0.05) is 31.3 Å². The van der Waals surface area contributed by atoms with Crippen molar-refractivity contribution in [1.29, 1.82) is 0 Å². The molecule has 2 aliphatic rings. The van der Waals surface area contributed by atoms with E-state index in [1.54, 1.807) is 17.1 Å². The minimum atomic E-state index is -3.47. The molecule has 0 saturated carbocycles.